The van der Waals surface area contributed by atoms with Crippen molar-refractivity contribution in [2.75, 3.05) is 5.75 Å². The van der Waals surface area contributed by atoms with Gasteiger partial charge in [0.05, 0.1) is 0 Å². The molecule has 2 rings (SSSR count). The van der Waals surface area contributed by atoms with Gasteiger partial charge in [-0.15, -0.1) is 0 Å². The van der Waals surface area contributed by atoms with Crippen LogP contribution in [0.15, 0.2) is 54.6 Å². The van der Waals surface area contributed by atoms with Gasteiger partial charge in [-0.2, -0.15) is 0 Å². The van der Waals surface area contributed by atoms with Crippen LogP contribution >= 0.6 is 23.5 Å². The normalized spacial score (nSPS) is 10.5. The van der Waals surface area contributed by atoms with Gasteiger partial charge in [0.25, 0.3) is 0 Å². The summed E-state index contributed by atoms with van der Waals surface area (Å²) in [7, 11) is 0. The van der Waals surface area contributed by atoms with Crippen LogP contribution in [0.5, 0.6) is 0 Å². The zero-order valence-corrected chi connectivity index (χ0v) is 15.3. The molecule has 110 valence electrons. The van der Waals surface area contributed by atoms with Gasteiger partial charge in [-0.1, -0.05) is 0 Å². The third kappa shape index (κ3) is 5.91. The number of hydrogen-bond acceptors (Lipinski definition) is 3. The predicted molar refractivity (Wildman–Crippen MR) is 96.8 cm³/mol. The quantitative estimate of drug-likeness (QED) is 0.694. The second-order valence-electron chi connectivity index (χ2n) is 4.35. The van der Waals surface area contributed by atoms with Gasteiger partial charge in [0.1, 0.15) is 0 Å². The molecule has 0 fully saturated rings. The average Bonchev–Trinajstić information content (AvgIpc) is 2.53. The second-order valence-corrected chi connectivity index (χ2v) is 8.93. The van der Waals surface area contributed by atoms with Crippen molar-refractivity contribution in [3.05, 3.63) is 65.7 Å². The molecule has 0 N–H and O–H groups in total. The van der Waals surface area contributed by atoms with Crippen LogP contribution in [0.1, 0.15) is 18.1 Å². The Hall–Kier alpha value is -0.671. The van der Waals surface area contributed by atoms with E-state index in [0.29, 0.717) is 15.0 Å². The van der Waals surface area contributed by atoms with E-state index in [-0.39, 0.29) is 4.45 Å². The van der Waals surface area contributed by atoms with E-state index in [1.807, 2.05) is 6.92 Å². The fourth-order valence-electron chi connectivity index (χ4n) is 1.80. The number of benzene rings is 2. The summed E-state index contributed by atoms with van der Waals surface area (Å²) in [6, 6.07) is 19.1. The molecule has 0 saturated heterocycles. The third-order valence-electron chi connectivity index (χ3n) is 2.82. The van der Waals surface area contributed by atoms with Crippen molar-refractivity contribution in [2.45, 2.75) is 18.0 Å². The minimum absolute atomic E-state index is 0.225. The molecule has 0 aliphatic heterocycles. The SMILES string of the molecule is CCSC(=O)SCc1ccccc1[Se]Cc1ccccc1. The number of hydrogen-bond donors (Lipinski definition) is 0. The summed E-state index contributed by atoms with van der Waals surface area (Å²) in [6.07, 6.45) is 0. The molecule has 2 aromatic rings. The zero-order valence-electron chi connectivity index (χ0n) is 12.0. The fraction of sp³-hybridized carbons (Fsp3) is 0.235. The van der Waals surface area contributed by atoms with Gasteiger partial charge in [0.2, 0.25) is 0 Å². The van der Waals surface area contributed by atoms with Crippen molar-refractivity contribution in [3.8, 4) is 0 Å². The first-order valence-corrected chi connectivity index (χ1v) is 10.9. The number of thioether (sulfide) groups is 2. The molecule has 0 aliphatic rings. The van der Waals surface area contributed by atoms with E-state index in [9.17, 15) is 4.79 Å². The molecule has 21 heavy (non-hydrogen) atoms. The first-order valence-electron chi connectivity index (χ1n) is 6.83. The molecule has 0 heterocycles. The summed E-state index contributed by atoms with van der Waals surface area (Å²) < 4.78 is 1.64. The molecule has 0 saturated carbocycles. The van der Waals surface area contributed by atoms with E-state index in [1.54, 1.807) is 0 Å². The Kier molecular flexibility index (Phi) is 7.45. The summed E-state index contributed by atoms with van der Waals surface area (Å²) in [4.78, 5) is 11.6. The number of carbonyl (C=O) groups excluding carboxylic acids is 1. The maximum atomic E-state index is 11.6. The number of carbonyl (C=O) groups is 1. The molecule has 4 heteroatoms. The number of rotatable bonds is 6. The van der Waals surface area contributed by atoms with Crippen molar-refractivity contribution >= 4 is 47.4 Å². The van der Waals surface area contributed by atoms with Crippen LogP contribution in [0.4, 0.5) is 4.79 Å². The van der Waals surface area contributed by atoms with E-state index in [0.717, 1.165) is 16.8 Å². The van der Waals surface area contributed by atoms with E-state index < -0.39 is 0 Å². The zero-order chi connectivity index (χ0) is 14.9. The topological polar surface area (TPSA) is 17.1 Å². The molecule has 0 radical (unpaired) electrons. The van der Waals surface area contributed by atoms with E-state index in [2.05, 4.69) is 54.6 Å². The monoisotopic (exact) mass is 382 g/mol. The van der Waals surface area contributed by atoms with Crippen molar-refractivity contribution in [1.29, 1.82) is 0 Å². The van der Waals surface area contributed by atoms with E-state index in [4.69, 9.17) is 0 Å². The Morgan fingerprint density at radius 2 is 1.71 bits per heavy atom. The molecular formula is C17H18OS2Se. The Bertz CT molecular complexity index is 572. The first-order chi connectivity index (χ1) is 10.3. The summed E-state index contributed by atoms with van der Waals surface area (Å²) in [5.74, 6) is 1.64. The minimum atomic E-state index is 0.225. The molecule has 0 unspecified atom stereocenters. The van der Waals surface area contributed by atoms with Crippen LogP contribution < -0.4 is 4.46 Å². The van der Waals surface area contributed by atoms with Crippen molar-refractivity contribution < 1.29 is 4.79 Å². The maximum absolute atomic E-state index is 11.6. The predicted octanol–water partition coefficient (Wildman–Crippen LogP) is 4.32. The Morgan fingerprint density at radius 3 is 2.48 bits per heavy atom. The first kappa shape index (κ1) is 16.7. The standard InChI is InChI=1S/C17H18OS2Se/c1-2-19-17(18)20-12-15-10-6-7-11-16(15)21-13-14-8-4-3-5-9-14/h3-11H,2,12-13H2,1H3. The summed E-state index contributed by atoms with van der Waals surface area (Å²) in [5, 5.41) is 1.10. The van der Waals surface area contributed by atoms with Gasteiger partial charge in [0.15, 0.2) is 0 Å². The Balaban J connectivity index is 1.95. The molecule has 0 bridgehead atoms. The average molecular weight is 381 g/mol. The molecule has 0 amide bonds. The van der Waals surface area contributed by atoms with Crippen molar-refractivity contribution in [3.63, 3.8) is 0 Å². The van der Waals surface area contributed by atoms with Gasteiger partial charge >= 0.3 is 142 Å². The summed E-state index contributed by atoms with van der Waals surface area (Å²) >= 11 is 3.24. The second kappa shape index (κ2) is 9.37. The molecule has 0 atom stereocenters. The molecule has 0 aliphatic carbocycles. The van der Waals surface area contributed by atoms with Crippen LogP contribution in [0.25, 0.3) is 0 Å². The van der Waals surface area contributed by atoms with Crippen LogP contribution in [0, 0.1) is 0 Å². The van der Waals surface area contributed by atoms with Crippen LogP contribution in [-0.2, 0) is 11.1 Å². The van der Waals surface area contributed by atoms with Crippen LogP contribution in [0.3, 0.4) is 0 Å². The Labute approximate surface area is 141 Å². The fourth-order valence-corrected chi connectivity index (χ4v) is 5.76. The van der Waals surface area contributed by atoms with Gasteiger partial charge in [0, 0.05) is 0 Å². The molecule has 0 spiro atoms. The summed E-state index contributed by atoms with van der Waals surface area (Å²) in [5.41, 5.74) is 2.70. The molecular weight excluding hydrogens is 363 g/mol. The van der Waals surface area contributed by atoms with E-state index >= 15 is 0 Å². The Morgan fingerprint density at radius 1 is 1.00 bits per heavy atom. The summed E-state index contributed by atoms with van der Waals surface area (Å²) in [6.45, 7) is 2.01. The van der Waals surface area contributed by atoms with Gasteiger partial charge < -0.3 is 0 Å². The van der Waals surface area contributed by atoms with Crippen molar-refractivity contribution in [1.82, 2.24) is 0 Å². The van der Waals surface area contributed by atoms with Gasteiger partial charge in [-0.3, -0.25) is 0 Å². The van der Waals surface area contributed by atoms with Crippen LogP contribution in [0.2, 0.25) is 0 Å². The van der Waals surface area contributed by atoms with Gasteiger partial charge in [-0.05, 0) is 0 Å². The molecule has 1 nitrogen and oxygen atoms in total. The van der Waals surface area contributed by atoms with Crippen molar-refractivity contribution in [2.24, 2.45) is 0 Å². The van der Waals surface area contributed by atoms with Crippen LogP contribution in [-0.4, -0.2) is 25.2 Å². The third-order valence-corrected chi connectivity index (χ3v) is 7.23. The van der Waals surface area contributed by atoms with E-state index in [1.165, 1.54) is 39.1 Å². The van der Waals surface area contributed by atoms with Gasteiger partial charge in [-0.25, -0.2) is 0 Å². The molecule has 0 aromatic heterocycles. The molecule has 2 aromatic carbocycles.